The van der Waals surface area contributed by atoms with Crippen molar-refractivity contribution in [2.24, 2.45) is 0 Å². The molecule has 0 aromatic heterocycles. The summed E-state index contributed by atoms with van der Waals surface area (Å²) in [7, 11) is 0. The summed E-state index contributed by atoms with van der Waals surface area (Å²) in [6, 6.07) is 14.1. The van der Waals surface area contributed by atoms with Crippen LogP contribution in [-0.4, -0.2) is 6.36 Å². The lowest BCUT2D eigenvalue weighted by atomic mass is 9.95. The van der Waals surface area contributed by atoms with Gasteiger partial charge in [-0.25, -0.2) is 26.3 Å². The SMILES string of the molecule is CCCCc1ccc(-c2ccc(-c3cc(F)c(-c4cc(F)c(C(F)(F)Oc5ccc(OC(F)(F)F)c(F)c5)c(F)c4)c(F)c3)c(F)c2)cc1. The molecule has 0 aliphatic rings. The molecule has 0 aliphatic heterocycles. The molecule has 0 fully saturated rings. The van der Waals surface area contributed by atoms with E-state index in [1.54, 1.807) is 6.07 Å². The van der Waals surface area contributed by atoms with Gasteiger partial charge in [-0.1, -0.05) is 49.7 Å². The highest BCUT2D eigenvalue weighted by Gasteiger charge is 2.42. The van der Waals surface area contributed by atoms with Crippen LogP contribution in [0.25, 0.3) is 33.4 Å². The molecule has 5 rings (SSSR count). The van der Waals surface area contributed by atoms with E-state index in [0.29, 0.717) is 35.4 Å². The van der Waals surface area contributed by atoms with E-state index in [1.165, 1.54) is 12.1 Å². The molecule has 0 aliphatic carbocycles. The van der Waals surface area contributed by atoms with Gasteiger partial charge in [0.2, 0.25) is 0 Å². The second kappa shape index (κ2) is 13.8. The highest BCUT2D eigenvalue weighted by Crippen LogP contribution is 2.40. The largest absolute Gasteiger partial charge is 0.573 e. The first-order valence-electron chi connectivity index (χ1n) is 14.6. The molecule has 0 amide bonds. The van der Waals surface area contributed by atoms with E-state index in [-0.39, 0.29) is 29.3 Å². The predicted molar refractivity (Wildman–Crippen MR) is 159 cm³/mol. The van der Waals surface area contributed by atoms with Gasteiger partial charge in [0.25, 0.3) is 0 Å². The Morgan fingerprint density at radius 2 is 1.10 bits per heavy atom. The summed E-state index contributed by atoms with van der Waals surface area (Å²) >= 11 is 0. The van der Waals surface area contributed by atoms with Crippen LogP contribution in [0.1, 0.15) is 30.9 Å². The van der Waals surface area contributed by atoms with Gasteiger partial charge in [-0.2, -0.15) is 8.78 Å². The Balaban J connectivity index is 1.39. The number of hydrogen-bond acceptors (Lipinski definition) is 2. The first kappa shape index (κ1) is 35.2. The Labute approximate surface area is 272 Å². The first-order valence-corrected chi connectivity index (χ1v) is 14.6. The molecule has 5 aromatic rings. The van der Waals surface area contributed by atoms with Crippen LogP contribution in [0.2, 0.25) is 0 Å². The fourth-order valence-electron chi connectivity index (χ4n) is 5.13. The van der Waals surface area contributed by atoms with E-state index in [2.05, 4.69) is 16.4 Å². The van der Waals surface area contributed by atoms with Gasteiger partial charge in [-0.05, 0) is 83.1 Å². The molecular weight excluding hydrogens is 673 g/mol. The van der Waals surface area contributed by atoms with Crippen molar-refractivity contribution in [3.8, 4) is 44.9 Å². The van der Waals surface area contributed by atoms with Crippen molar-refractivity contribution in [1.29, 1.82) is 0 Å². The number of benzene rings is 5. The molecule has 0 unspecified atom stereocenters. The Kier molecular flexibility index (Phi) is 9.93. The standard InChI is InChI=1S/C36H23F11O2/c1-2-3-4-19-5-7-20(8-6-19)21-9-11-25(26(37)13-21)22-14-28(39)33(29(40)15-22)23-16-30(41)34(31(42)17-23)35(43,44)48-24-10-12-32(27(38)18-24)49-36(45,46)47/h5-18H,2-4H2,1H3. The average Bonchev–Trinajstić information content (AvgIpc) is 3.00. The molecule has 5 aromatic carbocycles. The molecular formula is C36H23F11O2. The third-order valence-corrected chi connectivity index (χ3v) is 7.43. The van der Waals surface area contributed by atoms with E-state index < -0.39 is 75.6 Å². The van der Waals surface area contributed by atoms with Crippen LogP contribution in [-0.2, 0) is 12.5 Å². The summed E-state index contributed by atoms with van der Waals surface area (Å²) in [6.45, 7) is 2.08. The van der Waals surface area contributed by atoms with Crippen LogP contribution in [0.4, 0.5) is 48.3 Å². The van der Waals surface area contributed by atoms with E-state index in [4.69, 9.17) is 0 Å². The molecule has 0 radical (unpaired) electrons. The van der Waals surface area contributed by atoms with Crippen molar-refractivity contribution in [1.82, 2.24) is 0 Å². The molecule has 0 spiro atoms. The third kappa shape index (κ3) is 7.98. The second-order valence-electron chi connectivity index (χ2n) is 10.9. The summed E-state index contributed by atoms with van der Waals surface area (Å²) < 4.78 is 164. The molecule has 13 heteroatoms. The van der Waals surface area contributed by atoms with Gasteiger partial charge >= 0.3 is 12.5 Å². The number of rotatable bonds is 10. The van der Waals surface area contributed by atoms with Gasteiger partial charge in [0.1, 0.15) is 40.4 Å². The van der Waals surface area contributed by atoms with Crippen LogP contribution in [0, 0.1) is 34.9 Å². The van der Waals surface area contributed by atoms with Crippen LogP contribution in [0.15, 0.2) is 84.9 Å². The maximum absolute atomic E-state index is 15.2. The van der Waals surface area contributed by atoms with Crippen molar-refractivity contribution in [2.45, 2.75) is 38.7 Å². The van der Waals surface area contributed by atoms with Gasteiger partial charge in [0, 0.05) is 11.6 Å². The number of aryl methyl sites for hydroxylation is 1. The van der Waals surface area contributed by atoms with Gasteiger partial charge in [0.15, 0.2) is 11.6 Å². The molecule has 0 saturated carbocycles. The Morgan fingerprint density at radius 1 is 0.531 bits per heavy atom. The summed E-state index contributed by atoms with van der Waals surface area (Å²) in [5, 5.41) is 0. The molecule has 0 atom stereocenters. The molecule has 49 heavy (non-hydrogen) atoms. The lowest BCUT2D eigenvalue weighted by molar-refractivity contribution is -0.275. The monoisotopic (exact) mass is 696 g/mol. The van der Waals surface area contributed by atoms with Crippen LogP contribution in [0.5, 0.6) is 11.5 Å². The van der Waals surface area contributed by atoms with Gasteiger partial charge in [-0.3, -0.25) is 0 Å². The lowest BCUT2D eigenvalue weighted by Crippen LogP contribution is -2.25. The molecule has 0 bridgehead atoms. The van der Waals surface area contributed by atoms with Crippen molar-refractivity contribution in [2.75, 3.05) is 0 Å². The highest BCUT2D eigenvalue weighted by atomic mass is 19.4. The minimum atomic E-state index is -5.30. The maximum atomic E-state index is 15.2. The van der Waals surface area contributed by atoms with Crippen molar-refractivity contribution < 1.29 is 57.8 Å². The quantitative estimate of drug-likeness (QED) is 0.135. The number of alkyl halides is 5. The van der Waals surface area contributed by atoms with Crippen LogP contribution < -0.4 is 9.47 Å². The smallest absolute Gasteiger partial charge is 0.429 e. The summed E-state index contributed by atoms with van der Waals surface area (Å²) in [5.41, 5.74) is -2.00. The summed E-state index contributed by atoms with van der Waals surface area (Å²) in [5.74, 6) is -12.0. The molecule has 2 nitrogen and oxygen atoms in total. The Morgan fingerprint density at radius 3 is 1.65 bits per heavy atom. The average molecular weight is 697 g/mol. The summed E-state index contributed by atoms with van der Waals surface area (Å²) in [6.07, 6.45) is -7.23. The van der Waals surface area contributed by atoms with E-state index in [9.17, 15) is 35.1 Å². The number of ether oxygens (including phenoxy) is 2. The Hall–Kier alpha value is -5.07. The van der Waals surface area contributed by atoms with Crippen LogP contribution >= 0.6 is 0 Å². The van der Waals surface area contributed by atoms with Crippen molar-refractivity contribution in [3.63, 3.8) is 0 Å². The second-order valence-corrected chi connectivity index (χ2v) is 10.9. The van der Waals surface area contributed by atoms with Crippen LogP contribution in [0.3, 0.4) is 0 Å². The highest BCUT2D eigenvalue weighted by molar-refractivity contribution is 5.75. The topological polar surface area (TPSA) is 18.5 Å². The van der Waals surface area contributed by atoms with Crippen molar-refractivity contribution >= 4 is 0 Å². The molecule has 0 heterocycles. The van der Waals surface area contributed by atoms with Gasteiger partial charge < -0.3 is 9.47 Å². The molecule has 256 valence electrons. The fraction of sp³-hybridized carbons (Fsp3) is 0.167. The van der Waals surface area contributed by atoms with Gasteiger partial charge in [0.05, 0.1) is 5.56 Å². The van der Waals surface area contributed by atoms with E-state index in [1.807, 2.05) is 24.3 Å². The molecule has 0 saturated heterocycles. The lowest BCUT2D eigenvalue weighted by Gasteiger charge is -2.20. The normalized spacial score (nSPS) is 11.9. The third-order valence-electron chi connectivity index (χ3n) is 7.43. The number of hydrogen-bond donors (Lipinski definition) is 0. The zero-order valence-corrected chi connectivity index (χ0v) is 25.2. The zero-order chi connectivity index (χ0) is 35.7. The van der Waals surface area contributed by atoms with E-state index in [0.717, 1.165) is 24.8 Å². The van der Waals surface area contributed by atoms with Crippen molar-refractivity contribution in [3.05, 3.63) is 131 Å². The maximum Gasteiger partial charge on any atom is 0.573 e. The summed E-state index contributed by atoms with van der Waals surface area (Å²) in [4.78, 5) is 0. The number of halogens is 11. The minimum absolute atomic E-state index is 0.0630. The zero-order valence-electron chi connectivity index (χ0n) is 25.2. The van der Waals surface area contributed by atoms with E-state index >= 15 is 13.2 Å². The minimum Gasteiger partial charge on any atom is -0.429 e. The molecule has 0 N–H and O–H groups in total. The fourth-order valence-corrected chi connectivity index (χ4v) is 5.13. The first-order chi connectivity index (χ1) is 23.1. The predicted octanol–water partition coefficient (Wildman–Crippen LogP) is 11.9. The van der Waals surface area contributed by atoms with Gasteiger partial charge in [-0.15, -0.1) is 13.2 Å². The number of unbranched alkanes of at least 4 members (excludes halogenated alkanes) is 1. The Bertz CT molecular complexity index is 1940.